The van der Waals surface area contributed by atoms with Gasteiger partial charge >= 0.3 is 0 Å². The van der Waals surface area contributed by atoms with Gasteiger partial charge in [-0.2, -0.15) is 0 Å². The van der Waals surface area contributed by atoms with E-state index in [2.05, 4.69) is 0 Å². The van der Waals surface area contributed by atoms with Crippen molar-refractivity contribution in [3.05, 3.63) is 65.5 Å². The molecule has 0 heterocycles. The van der Waals surface area contributed by atoms with E-state index in [4.69, 9.17) is 10.5 Å². The summed E-state index contributed by atoms with van der Waals surface area (Å²) in [5.74, 6) is 0.0691. The summed E-state index contributed by atoms with van der Waals surface area (Å²) >= 11 is 0. The van der Waals surface area contributed by atoms with E-state index in [1.165, 1.54) is 12.1 Å². The summed E-state index contributed by atoms with van der Waals surface area (Å²) in [5.41, 5.74) is 7.86. The van der Waals surface area contributed by atoms with Crippen LogP contribution < -0.4 is 10.5 Å². The number of aliphatic hydroxyl groups is 1. The number of nitrogens with two attached hydrogens (primary N) is 1. The summed E-state index contributed by atoms with van der Waals surface area (Å²) in [4.78, 5) is 0. The van der Waals surface area contributed by atoms with Crippen LogP contribution in [-0.2, 0) is 6.42 Å². The Kier molecular flexibility index (Phi) is 5.31. The van der Waals surface area contributed by atoms with E-state index in [9.17, 15) is 9.50 Å². The van der Waals surface area contributed by atoms with Crippen LogP contribution >= 0.6 is 0 Å². The molecule has 0 saturated carbocycles. The smallest absolute Gasteiger partial charge is 0.126 e. The van der Waals surface area contributed by atoms with Gasteiger partial charge in [-0.1, -0.05) is 36.4 Å². The van der Waals surface area contributed by atoms with Gasteiger partial charge in [-0.05, 0) is 30.5 Å². The van der Waals surface area contributed by atoms with Gasteiger partial charge in [-0.15, -0.1) is 0 Å². The Morgan fingerprint density at radius 3 is 2.62 bits per heavy atom. The van der Waals surface area contributed by atoms with Crippen LogP contribution in [0.15, 0.2) is 48.5 Å². The lowest BCUT2D eigenvalue weighted by Gasteiger charge is -2.20. The molecule has 4 heteroatoms. The fraction of sp³-hybridized carbons (Fsp3) is 0.294. The Morgan fingerprint density at radius 1 is 1.19 bits per heavy atom. The van der Waals surface area contributed by atoms with Crippen LogP contribution in [0.25, 0.3) is 0 Å². The van der Waals surface area contributed by atoms with E-state index < -0.39 is 12.1 Å². The molecule has 0 aliphatic heterocycles. The minimum absolute atomic E-state index is 0.0400. The summed E-state index contributed by atoms with van der Waals surface area (Å²) in [6, 6.07) is 13.6. The summed E-state index contributed by atoms with van der Waals surface area (Å²) in [5, 5.41) is 10.1. The first-order chi connectivity index (χ1) is 10.1. The molecule has 0 aliphatic carbocycles. The lowest BCUT2D eigenvalue weighted by molar-refractivity contribution is 0.0847. The van der Waals surface area contributed by atoms with Gasteiger partial charge < -0.3 is 15.6 Å². The van der Waals surface area contributed by atoms with E-state index in [1.807, 2.05) is 37.3 Å². The molecule has 2 atom stereocenters. The van der Waals surface area contributed by atoms with Crippen molar-refractivity contribution in [1.82, 2.24) is 0 Å². The molecule has 0 radical (unpaired) electrons. The lowest BCUT2D eigenvalue weighted by atomic mass is 10.0. The Balaban J connectivity index is 1.89. The first kappa shape index (κ1) is 15.5. The molecule has 3 nitrogen and oxygen atoms in total. The molecule has 0 saturated heterocycles. The maximum atomic E-state index is 13.2. The molecule has 112 valence electrons. The summed E-state index contributed by atoms with van der Waals surface area (Å²) in [7, 11) is 0. The van der Waals surface area contributed by atoms with Crippen LogP contribution in [0.4, 0.5) is 4.39 Å². The number of halogens is 1. The van der Waals surface area contributed by atoms with Crippen molar-refractivity contribution < 1.29 is 14.2 Å². The van der Waals surface area contributed by atoms with Crippen LogP contribution in [0.3, 0.4) is 0 Å². The first-order valence-electron chi connectivity index (χ1n) is 6.93. The maximum absolute atomic E-state index is 13.2. The Labute approximate surface area is 124 Å². The summed E-state index contributed by atoms with van der Waals surface area (Å²) < 4.78 is 18.6. The van der Waals surface area contributed by atoms with Gasteiger partial charge in [0.15, 0.2) is 0 Å². The molecule has 2 unspecified atom stereocenters. The Morgan fingerprint density at radius 2 is 1.90 bits per heavy atom. The zero-order chi connectivity index (χ0) is 15.2. The largest absolute Gasteiger partial charge is 0.490 e. The minimum Gasteiger partial charge on any atom is -0.490 e. The predicted molar refractivity (Wildman–Crippen MR) is 80.8 cm³/mol. The van der Waals surface area contributed by atoms with Crippen molar-refractivity contribution in [1.29, 1.82) is 0 Å². The minimum atomic E-state index is -0.812. The number of ether oxygens (including phenoxy) is 1. The van der Waals surface area contributed by atoms with Crippen molar-refractivity contribution in [2.75, 3.05) is 6.61 Å². The Bertz CT molecular complexity index is 574. The van der Waals surface area contributed by atoms with Gasteiger partial charge in [-0.3, -0.25) is 0 Å². The standard InChI is InChI=1S/C17H20FNO2/c1-12-7-8-14(18)10-17(12)21-11-16(20)15(19)9-13-5-3-2-4-6-13/h2-8,10,15-16,20H,9,11,19H2,1H3. The predicted octanol–water partition coefficient (Wildman–Crippen LogP) is 2.44. The van der Waals surface area contributed by atoms with Crippen molar-refractivity contribution in [3.63, 3.8) is 0 Å². The highest BCUT2D eigenvalue weighted by atomic mass is 19.1. The second-order valence-corrected chi connectivity index (χ2v) is 5.14. The molecular formula is C17H20FNO2. The quantitative estimate of drug-likeness (QED) is 0.859. The molecule has 0 fully saturated rings. The van der Waals surface area contributed by atoms with E-state index in [-0.39, 0.29) is 12.4 Å². The van der Waals surface area contributed by atoms with Gasteiger partial charge in [0.05, 0.1) is 0 Å². The molecule has 0 aromatic heterocycles. The van der Waals surface area contributed by atoms with E-state index in [0.717, 1.165) is 11.1 Å². The molecular weight excluding hydrogens is 269 g/mol. The molecule has 0 bridgehead atoms. The van der Waals surface area contributed by atoms with Crippen LogP contribution in [-0.4, -0.2) is 23.9 Å². The third-order valence-electron chi connectivity index (χ3n) is 3.37. The first-order valence-corrected chi connectivity index (χ1v) is 6.93. The summed E-state index contributed by atoms with van der Waals surface area (Å²) in [6.07, 6.45) is -0.249. The second-order valence-electron chi connectivity index (χ2n) is 5.14. The van der Waals surface area contributed by atoms with Crippen LogP contribution in [0.5, 0.6) is 5.75 Å². The van der Waals surface area contributed by atoms with Crippen LogP contribution in [0, 0.1) is 12.7 Å². The van der Waals surface area contributed by atoms with Gasteiger partial charge in [0, 0.05) is 12.1 Å². The van der Waals surface area contributed by atoms with E-state index >= 15 is 0 Å². The molecule has 0 amide bonds. The van der Waals surface area contributed by atoms with Crippen molar-refractivity contribution in [2.45, 2.75) is 25.5 Å². The van der Waals surface area contributed by atoms with Gasteiger partial charge in [0.25, 0.3) is 0 Å². The van der Waals surface area contributed by atoms with Crippen molar-refractivity contribution in [2.24, 2.45) is 5.73 Å². The molecule has 2 rings (SSSR count). The van der Waals surface area contributed by atoms with Crippen molar-refractivity contribution >= 4 is 0 Å². The maximum Gasteiger partial charge on any atom is 0.126 e. The molecule has 0 aliphatic rings. The van der Waals surface area contributed by atoms with Gasteiger partial charge in [-0.25, -0.2) is 4.39 Å². The number of hydrogen-bond acceptors (Lipinski definition) is 3. The van der Waals surface area contributed by atoms with Crippen LogP contribution in [0.2, 0.25) is 0 Å². The second kappa shape index (κ2) is 7.20. The van der Waals surface area contributed by atoms with Gasteiger partial charge in [0.1, 0.15) is 24.3 Å². The number of rotatable bonds is 6. The van der Waals surface area contributed by atoms with E-state index in [0.29, 0.717) is 12.2 Å². The number of hydrogen-bond donors (Lipinski definition) is 2. The lowest BCUT2D eigenvalue weighted by Crippen LogP contribution is -2.40. The average Bonchev–Trinajstić information content (AvgIpc) is 2.49. The third-order valence-corrected chi connectivity index (χ3v) is 3.37. The summed E-state index contributed by atoms with van der Waals surface area (Å²) in [6.45, 7) is 1.86. The zero-order valence-electron chi connectivity index (χ0n) is 12.0. The van der Waals surface area contributed by atoms with E-state index in [1.54, 1.807) is 6.07 Å². The normalized spacial score (nSPS) is 13.7. The number of benzene rings is 2. The topological polar surface area (TPSA) is 55.5 Å². The number of aliphatic hydroxyl groups excluding tert-OH is 1. The zero-order valence-corrected chi connectivity index (χ0v) is 12.0. The number of aryl methyl sites for hydroxylation is 1. The molecule has 2 aromatic rings. The molecule has 3 N–H and O–H groups in total. The fourth-order valence-electron chi connectivity index (χ4n) is 2.05. The Hall–Kier alpha value is -1.91. The van der Waals surface area contributed by atoms with Crippen LogP contribution in [0.1, 0.15) is 11.1 Å². The fourth-order valence-corrected chi connectivity index (χ4v) is 2.05. The van der Waals surface area contributed by atoms with Gasteiger partial charge in [0.2, 0.25) is 0 Å². The highest BCUT2D eigenvalue weighted by Crippen LogP contribution is 2.19. The third kappa shape index (κ3) is 4.55. The average molecular weight is 289 g/mol. The van der Waals surface area contributed by atoms with Crippen molar-refractivity contribution in [3.8, 4) is 5.75 Å². The molecule has 21 heavy (non-hydrogen) atoms. The molecule has 2 aromatic carbocycles. The SMILES string of the molecule is Cc1ccc(F)cc1OCC(O)C(N)Cc1ccccc1. The monoisotopic (exact) mass is 289 g/mol. The molecule has 0 spiro atoms. The highest BCUT2D eigenvalue weighted by molar-refractivity contribution is 5.32. The highest BCUT2D eigenvalue weighted by Gasteiger charge is 2.16.